The van der Waals surface area contributed by atoms with Gasteiger partial charge in [0.25, 0.3) is 11.5 Å². The topological polar surface area (TPSA) is 94.7 Å². The van der Waals surface area contributed by atoms with Crippen molar-refractivity contribution in [3.05, 3.63) is 93.3 Å². The molecule has 4 aromatic rings. The third kappa shape index (κ3) is 4.17. The van der Waals surface area contributed by atoms with E-state index in [1.807, 2.05) is 12.1 Å². The zero-order chi connectivity index (χ0) is 22.9. The van der Waals surface area contributed by atoms with Crippen molar-refractivity contribution < 1.29 is 4.79 Å². The van der Waals surface area contributed by atoms with Crippen LogP contribution in [0, 0.1) is 0 Å². The van der Waals surface area contributed by atoms with Crippen LogP contribution < -0.4 is 10.9 Å². The van der Waals surface area contributed by atoms with Gasteiger partial charge in [0, 0.05) is 29.5 Å². The Morgan fingerprint density at radius 1 is 1.21 bits per heavy atom. The predicted molar refractivity (Wildman–Crippen MR) is 124 cm³/mol. The first kappa shape index (κ1) is 21.1. The normalized spacial score (nSPS) is 15.2. The first-order chi connectivity index (χ1) is 16.0. The molecular weight excluding hydrogens is 440 g/mol. The molecule has 1 atom stereocenters. The largest absolute Gasteiger partial charge is 0.345 e. The molecular formula is C24H21ClN6O2. The van der Waals surface area contributed by atoms with Crippen LogP contribution in [0.25, 0.3) is 16.9 Å². The van der Waals surface area contributed by atoms with Gasteiger partial charge in [0.1, 0.15) is 11.3 Å². The number of hydrogen-bond donors (Lipinski definition) is 1. The third-order valence-corrected chi connectivity index (χ3v) is 6.00. The van der Waals surface area contributed by atoms with Crippen molar-refractivity contribution in [3.63, 3.8) is 0 Å². The summed E-state index contributed by atoms with van der Waals surface area (Å²) in [7, 11) is 1.75. The molecule has 8 nitrogen and oxygen atoms in total. The lowest BCUT2D eigenvalue weighted by Crippen LogP contribution is -2.37. The average molecular weight is 461 g/mol. The minimum absolute atomic E-state index is 0.00909. The third-order valence-electron chi connectivity index (χ3n) is 5.74. The van der Waals surface area contributed by atoms with Crippen LogP contribution in [0.2, 0.25) is 5.02 Å². The molecule has 0 unspecified atom stereocenters. The van der Waals surface area contributed by atoms with Crippen LogP contribution in [-0.2, 0) is 13.5 Å². The number of halogens is 1. The number of hydrogen-bond acceptors (Lipinski definition) is 5. The van der Waals surface area contributed by atoms with Crippen molar-refractivity contribution in [2.75, 3.05) is 0 Å². The molecule has 9 heteroatoms. The Hall–Kier alpha value is -3.78. The highest BCUT2D eigenvalue weighted by Gasteiger charge is 2.25. The van der Waals surface area contributed by atoms with Crippen LogP contribution in [0.4, 0.5) is 0 Å². The highest BCUT2D eigenvalue weighted by Crippen LogP contribution is 2.28. The maximum Gasteiger partial charge on any atom is 0.284 e. The van der Waals surface area contributed by atoms with Gasteiger partial charge in [-0.1, -0.05) is 29.8 Å². The monoisotopic (exact) mass is 460 g/mol. The SMILES string of the molecule is Cn1cc(-n2nc(-c3ccc(Cl)cc3)cc(C(=O)N[C@H]3CCCc4ncccc43)c2=O)cn1. The Kier molecular flexibility index (Phi) is 5.51. The van der Waals surface area contributed by atoms with E-state index in [-0.39, 0.29) is 11.6 Å². The van der Waals surface area contributed by atoms with Crippen LogP contribution in [0.1, 0.15) is 40.5 Å². The molecule has 1 aliphatic carbocycles. The van der Waals surface area contributed by atoms with Gasteiger partial charge in [0.05, 0.1) is 24.1 Å². The van der Waals surface area contributed by atoms with Crippen molar-refractivity contribution in [2.45, 2.75) is 25.3 Å². The quantitative estimate of drug-likeness (QED) is 0.503. The number of carbonyl (C=O) groups excluding carboxylic acids is 1. The summed E-state index contributed by atoms with van der Waals surface area (Å²) in [5.74, 6) is -0.447. The van der Waals surface area contributed by atoms with Gasteiger partial charge in [-0.15, -0.1) is 0 Å². The standard InChI is InChI=1S/C24H21ClN6O2/c1-30-14-17(13-27-30)31-24(33)19(12-22(29-31)15-7-9-16(25)10-8-15)23(32)28-21-6-2-5-20-18(21)4-3-11-26-20/h3-4,7-14,21H,2,5-6H2,1H3,(H,28,32)/t21-/m0/s1. The fourth-order valence-electron chi connectivity index (χ4n) is 4.10. The number of benzene rings is 1. The molecule has 3 aromatic heterocycles. The molecule has 1 aliphatic rings. The minimum atomic E-state index is -0.513. The number of carbonyl (C=O) groups is 1. The molecule has 1 amide bonds. The maximum absolute atomic E-state index is 13.4. The Morgan fingerprint density at radius 2 is 2.03 bits per heavy atom. The van der Waals surface area contributed by atoms with Crippen molar-refractivity contribution in [1.29, 1.82) is 0 Å². The summed E-state index contributed by atoms with van der Waals surface area (Å²) in [4.78, 5) is 31.1. The summed E-state index contributed by atoms with van der Waals surface area (Å²) in [6, 6.07) is 12.2. The molecule has 0 saturated carbocycles. The van der Waals surface area contributed by atoms with E-state index in [1.165, 1.54) is 16.9 Å². The molecule has 0 spiro atoms. The summed E-state index contributed by atoms with van der Waals surface area (Å²) in [6.07, 6.45) is 7.55. The molecule has 0 radical (unpaired) electrons. The molecule has 0 bridgehead atoms. The highest BCUT2D eigenvalue weighted by atomic mass is 35.5. The van der Waals surface area contributed by atoms with Crippen molar-refractivity contribution in [1.82, 2.24) is 29.9 Å². The van der Waals surface area contributed by atoms with E-state index < -0.39 is 11.5 Å². The lowest BCUT2D eigenvalue weighted by atomic mass is 9.91. The summed E-state index contributed by atoms with van der Waals surface area (Å²) in [6.45, 7) is 0. The van der Waals surface area contributed by atoms with Crippen LogP contribution in [0.5, 0.6) is 0 Å². The number of pyridine rings is 1. The Labute approximate surface area is 194 Å². The molecule has 0 fully saturated rings. The number of nitrogens with one attached hydrogen (secondary N) is 1. The van der Waals surface area contributed by atoms with Gasteiger partial charge in [0.15, 0.2) is 0 Å². The Balaban J connectivity index is 1.57. The van der Waals surface area contributed by atoms with Gasteiger partial charge in [-0.2, -0.15) is 14.9 Å². The zero-order valence-corrected chi connectivity index (χ0v) is 18.7. The van der Waals surface area contributed by atoms with E-state index in [0.717, 1.165) is 36.1 Å². The molecule has 1 aromatic carbocycles. The zero-order valence-electron chi connectivity index (χ0n) is 17.9. The van der Waals surface area contributed by atoms with Gasteiger partial charge >= 0.3 is 0 Å². The van der Waals surface area contributed by atoms with Crippen LogP contribution in [0.3, 0.4) is 0 Å². The van der Waals surface area contributed by atoms with Gasteiger partial charge in [-0.05, 0) is 49.1 Å². The van der Waals surface area contributed by atoms with E-state index >= 15 is 0 Å². The minimum Gasteiger partial charge on any atom is -0.345 e. The number of amides is 1. The summed E-state index contributed by atoms with van der Waals surface area (Å²) >= 11 is 6.03. The number of aryl methyl sites for hydroxylation is 2. The van der Waals surface area contributed by atoms with Crippen molar-refractivity contribution in [2.24, 2.45) is 7.05 Å². The number of nitrogens with zero attached hydrogens (tertiary/aromatic N) is 5. The second-order valence-electron chi connectivity index (χ2n) is 8.00. The fraction of sp³-hybridized carbons (Fsp3) is 0.208. The highest BCUT2D eigenvalue weighted by molar-refractivity contribution is 6.30. The second kappa shape index (κ2) is 8.63. The fourth-order valence-corrected chi connectivity index (χ4v) is 4.23. The summed E-state index contributed by atoms with van der Waals surface area (Å²) in [5.41, 5.74) is 3.16. The molecule has 3 heterocycles. The van der Waals surface area contributed by atoms with E-state index in [2.05, 4.69) is 20.5 Å². The van der Waals surface area contributed by atoms with Crippen LogP contribution in [-0.4, -0.2) is 30.5 Å². The predicted octanol–water partition coefficient (Wildman–Crippen LogP) is 3.49. The molecule has 0 saturated heterocycles. The smallest absolute Gasteiger partial charge is 0.284 e. The maximum atomic E-state index is 13.4. The van der Waals surface area contributed by atoms with Crippen LogP contribution in [0.15, 0.2) is 65.8 Å². The van der Waals surface area contributed by atoms with Gasteiger partial charge < -0.3 is 5.32 Å². The lowest BCUT2D eigenvalue weighted by Gasteiger charge is -2.25. The average Bonchev–Trinajstić information content (AvgIpc) is 3.26. The Morgan fingerprint density at radius 3 is 2.79 bits per heavy atom. The van der Waals surface area contributed by atoms with Gasteiger partial charge in [-0.25, -0.2) is 0 Å². The van der Waals surface area contributed by atoms with Crippen molar-refractivity contribution in [3.8, 4) is 16.9 Å². The number of aromatic nitrogens is 5. The summed E-state index contributed by atoms with van der Waals surface area (Å²) in [5, 5.41) is 12.3. The Bertz CT molecular complexity index is 1390. The van der Waals surface area contributed by atoms with Gasteiger partial charge in [0.2, 0.25) is 0 Å². The van der Waals surface area contributed by atoms with Crippen molar-refractivity contribution >= 4 is 17.5 Å². The molecule has 1 N–H and O–H groups in total. The van der Waals surface area contributed by atoms with E-state index in [4.69, 9.17) is 11.6 Å². The second-order valence-corrected chi connectivity index (χ2v) is 8.43. The molecule has 5 rings (SSSR count). The van der Waals surface area contributed by atoms with Crippen LogP contribution >= 0.6 is 11.6 Å². The van der Waals surface area contributed by atoms with E-state index in [0.29, 0.717) is 16.4 Å². The number of rotatable bonds is 4. The van der Waals surface area contributed by atoms with E-state index in [9.17, 15) is 9.59 Å². The molecule has 33 heavy (non-hydrogen) atoms. The first-order valence-electron chi connectivity index (χ1n) is 10.6. The molecule has 166 valence electrons. The van der Waals surface area contributed by atoms with Gasteiger partial charge in [-0.3, -0.25) is 19.3 Å². The first-order valence-corrected chi connectivity index (χ1v) is 11.0. The van der Waals surface area contributed by atoms with E-state index in [1.54, 1.807) is 48.4 Å². The molecule has 0 aliphatic heterocycles. The summed E-state index contributed by atoms with van der Waals surface area (Å²) < 4.78 is 2.78. The number of fused-ring (bicyclic) bond motifs is 1. The lowest BCUT2D eigenvalue weighted by molar-refractivity contribution is 0.0930.